The number of anilines is 2. The summed E-state index contributed by atoms with van der Waals surface area (Å²) in [5.41, 5.74) is 7.26. The molecule has 1 aromatic heterocycles. The summed E-state index contributed by atoms with van der Waals surface area (Å²) in [6.07, 6.45) is 0.261. The molecule has 0 spiro atoms. The first kappa shape index (κ1) is 27.8. The molecule has 1 atom stereocenters. The van der Waals surface area contributed by atoms with Crippen LogP contribution in [0.3, 0.4) is 0 Å². The minimum absolute atomic E-state index is 0.0234. The second-order valence-corrected chi connectivity index (χ2v) is 11.2. The molecule has 1 aliphatic rings. The molecule has 0 saturated heterocycles. The highest BCUT2D eigenvalue weighted by molar-refractivity contribution is 9.10. The minimum atomic E-state index is -4.17. The molecule has 0 unspecified atom stereocenters. The Morgan fingerprint density at radius 3 is 2.46 bits per heavy atom. The van der Waals surface area contributed by atoms with Crippen LogP contribution in [-0.4, -0.2) is 52.5 Å². The summed E-state index contributed by atoms with van der Waals surface area (Å²) in [7, 11) is -4.17. The van der Waals surface area contributed by atoms with Crippen LogP contribution in [0.5, 0.6) is 0 Å². The van der Waals surface area contributed by atoms with Gasteiger partial charge in [-0.3, -0.25) is 24.1 Å². The van der Waals surface area contributed by atoms with Crippen LogP contribution in [0.25, 0.3) is 11.1 Å². The first-order valence-electron chi connectivity index (χ1n) is 11.5. The Balaban J connectivity index is 1.56. The number of rotatable bonds is 9. The molecule has 1 amide bonds. The lowest BCUT2D eigenvalue weighted by Crippen LogP contribution is -2.41. The van der Waals surface area contributed by atoms with Gasteiger partial charge in [-0.15, -0.1) is 0 Å². The number of aromatic amines is 1. The van der Waals surface area contributed by atoms with E-state index in [0.29, 0.717) is 24.1 Å². The van der Waals surface area contributed by atoms with Crippen molar-refractivity contribution in [1.29, 1.82) is 0 Å². The van der Waals surface area contributed by atoms with Gasteiger partial charge in [-0.05, 0) is 82.7 Å². The maximum atomic E-state index is 13.3. The molecule has 2 aromatic carbocycles. The Bertz CT molecular complexity index is 1650. The van der Waals surface area contributed by atoms with Gasteiger partial charge in [0.05, 0.1) is 11.3 Å². The van der Waals surface area contributed by atoms with E-state index in [2.05, 4.69) is 35.9 Å². The molecule has 3 aromatic rings. The van der Waals surface area contributed by atoms with Gasteiger partial charge in [-0.1, -0.05) is 0 Å². The van der Waals surface area contributed by atoms with Crippen LogP contribution in [-0.2, 0) is 32.5 Å². The fourth-order valence-corrected chi connectivity index (χ4v) is 6.33. The van der Waals surface area contributed by atoms with Crippen molar-refractivity contribution in [1.82, 2.24) is 15.3 Å². The van der Waals surface area contributed by atoms with Crippen molar-refractivity contribution in [3.63, 3.8) is 0 Å². The number of carbonyl (C=O) groups is 3. The minimum Gasteiger partial charge on any atom is -0.481 e. The predicted octanol–water partition coefficient (Wildman–Crippen LogP) is 1.73. The molecule has 7 N–H and O–H groups in total. The third-order valence-electron chi connectivity index (χ3n) is 6.01. The lowest BCUT2D eigenvalue weighted by atomic mass is 9.89. The number of benzene rings is 2. The van der Waals surface area contributed by atoms with Crippen molar-refractivity contribution in [2.45, 2.75) is 36.6 Å². The normalized spacial score (nSPS) is 13.1. The lowest BCUT2D eigenvalue weighted by molar-refractivity contribution is -0.140. The third-order valence-corrected chi connectivity index (χ3v) is 8.35. The van der Waals surface area contributed by atoms with E-state index in [4.69, 9.17) is 10.8 Å². The highest BCUT2D eigenvalue weighted by Gasteiger charge is 2.27. The molecular weight excluding hydrogens is 598 g/mol. The van der Waals surface area contributed by atoms with E-state index in [-0.39, 0.29) is 38.6 Å². The number of halogens is 1. The number of carbonyl (C=O) groups excluding carboxylic acids is 1. The van der Waals surface area contributed by atoms with Crippen molar-refractivity contribution in [2.24, 2.45) is 0 Å². The summed E-state index contributed by atoms with van der Waals surface area (Å²) in [4.78, 5) is 53.6. The fourth-order valence-electron chi connectivity index (χ4n) is 4.16. The number of nitrogens with zero attached hydrogens (tertiary/aromatic N) is 1. The number of sulfonamides is 1. The van der Waals surface area contributed by atoms with Crippen LogP contribution in [0.15, 0.2) is 50.6 Å². The van der Waals surface area contributed by atoms with Gasteiger partial charge < -0.3 is 21.3 Å². The Morgan fingerprint density at radius 2 is 1.82 bits per heavy atom. The molecule has 1 heterocycles. The van der Waals surface area contributed by atoms with Crippen LogP contribution in [0, 0.1) is 0 Å². The summed E-state index contributed by atoms with van der Waals surface area (Å²) in [5, 5.41) is 20.2. The fraction of sp³-hybridized carbons (Fsp3) is 0.208. The van der Waals surface area contributed by atoms with E-state index in [9.17, 15) is 32.7 Å². The Hall–Kier alpha value is -4.24. The second-order valence-electron chi connectivity index (χ2n) is 8.69. The number of hydrogen-bond acceptors (Lipinski definition) is 8. The topological polar surface area (TPSA) is 222 Å². The summed E-state index contributed by atoms with van der Waals surface area (Å²) in [6, 6.07) is 6.83. The van der Waals surface area contributed by atoms with E-state index in [0.717, 1.165) is 5.56 Å². The van der Waals surface area contributed by atoms with Crippen LogP contribution in [0.1, 0.15) is 34.5 Å². The smallest absolute Gasteiger partial charge is 0.326 e. The van der Waals surface area contributed by atoms with E-state index in [1.807, 2.05) is 0 Å². The predicted molar refractivity (Wildman–Crippen MR) is 143 cm³/mol. The van der Waals surface area contributed by atoms with E-state index >= 15 is 0 Å². The summed E-state index contributed by atoms with van der Waals surface area (Å²) >= 11 is 3.30. The number of aromatic nitrogens is 2. The number of nitrogen functional groups attached to an aromatic ring is 1. The van der Waals surface area contributed by atoms with Crippen molar-refractivity contribution in [3.05, 3.63) is 68.0 Å². The van der Waals surface area contributed by atoms with Crippen molar-refractivity contribution >= 4 is 55.4 Å². The van der Waals surface area contributed by atoms with Crippen LogP contribution in [0.4, 0.5) is 11.6 Å². The maximum Gasteiger partial charge on any atom is 0.326 e. The van der Waals surface area contributed by atoms with E-state index in [1.54, 1.807) is 6.07 Å². The average Bonchev–Trinajstić information content (AvgIpc) is 2.85. The van der Waals surface area contributed by atoms with Gasteiger partial charge >= 0.3 is 11.9 Å². The Morgan fingerprint density at radius 1 is 1.13 bits per heavy atom. The molecule has 0 aliphatic heterocycles. The molecule has 39 heavy (non-hydrogen) atoms. The van der Waals surface area contributed by atoms with Gasteiger partial charge in [0.2, 0.25) is 5.95 Å². The van der Waals surface area contributed by atoms with Crippen molar-refractivity contribution in [2.75, 3.05) is 10.5 Å². The highest BCUT2D eigenvalue weighted by atomic mass is 79.9. The van der Waals surface area contributed by atoms with Gasteiger partial charge in [0.1, 0.15) is 10.9 Å². The zero-order valence-electron chi connectivity index (χ0n) is 20.0. The first-order chi connectivity index (χ1) is 18.4. The number of aliphatic carboxylic acids is 2. The van der Waals surface area contributed by atoms with Gasteiger partial charge in [0, 0.05) is 22.1 Å². The van der Waals surface area contributed by atoms with E-state index in [1.165, 1.54) is 30.3 Å². The van der Waals surface area contributed by atoms with Crippen molar-refractivity contribution in [3.8, 4) is 11.1 Å². The van der Waals surface area contributed by atoms with Gasteiger partial charge in [-0.2, -0.15) is 0 Å². The van der Waals surface area contributed by atoms with Gasteiger partial charge in [-0.25, -0.2) is 18.2 Å². The summed E-state index contributed by atoms with van der Waals surface area (Å²) in [5.74, 6) is -3.37. The number of carboxylic acids is 2. The molecule has 0 fully saturated rings. The molecular formula is C24H22BrN5O8S. The molecule has 13 nitrogen and oxygen atoms in total. The second kappa shape index (κ2) is 10.9. The van der Waals surface area contributed by atoms with Crippen molar-refractivity contribution < 1.29 is 33.0 Å². The number of fused-ring (bicyclic) bond motifs is 3. The number of nitrogens with one attached hydrogen (secondary N) is 3. The van der Waals surface area contributed by atoms with Crippen LogP contribution >= 0.6 is 15.9 Å². The molecule has 1 aliphatic carbocycles. The zero-order chi connectivity index (χ0) is 28.5. The third kappa shape index (κ3) is 6.09. The molecule has 204 valence electrons. The zero-order valence-corrected chi connectivity index (χ0v) is 22.4. The van der Waals surface area contributed by atoms with E-state index < -0.39 is 45.9 Å². The standard InChI is InChI=1S/C24H22BrN5O8S/c25-15-9-12-3-6-16-20(22(34)29-24(26)28-16)14(12)10-18(15)39(37,38)30-13-4-1-11(2-5-13)21(33)27-17(23(35)36)7-8-19(31)32/h1-2,4-5,9-10,17,30H,3,6-8H2,(H,27,33)(H,31,32)(H,35,36)(H3,26,28,29,34)/t17-/m1/s1. The maximum absolute atomic E-state index is 13.3. The molecule has 0 saturated carbocycles. The number of amides is 1. The van der Waals surface area contributed by atoms with Crippen LogP contribution in [0.2, 0.25) is 0 Å². The summed E-state index contributed by atoms with van der Waals surface area (Å²) in [6.45, 7) is 0. The SMILES string of the molecule is Nc1nc2c(c(=O)[nH]1)-c1cc(S(=O)(=O)Nc3ccc(C(=O)N[C@H](CCC(=O)O)C(=O)O)cc3)c(Br)cc1CC2. The molecule has 4 rings (SSSR count). The highest BCUT2D eigenvalue weighted by Crippen LogP contribution is 2.36. The Labute approximate surface area is 229 Å². The number of H-pyrrole nitrogens is 1. The summed E-state index contributed by atoms with van der Waals surface area (Å²) < 4.78 is 29.2. The monoisotopic (exact) mass is 619 g/mol. The largest absolute Gasteiger partial charge is 0.481 e. The van der Waals surface area contributed by atoms with Crippen LogP contribution < -0.4 is 21.3 Å². The average molecular weight is 620 g/mol. The number of hydrogen-bond donors (Lipinski definition) is 6. The van der Waals surface area contributed by atoms with Gasteiger partial charge in [0.25, 0.3) is 21.5 Å². The molecule has 15 heteroatoms. The number of aryl methyl sites for hydroxylation is 2. The first-order valence-corrected chi connectivity index (χ1v) is 13.7. The lowest BCUT2D eigenvalue weighted by Gasteiger charge is -2.20. The Kier molecular flexibility index (Phi) is 7.74. The molecule has 0 bridgehead atoms. The molecule has 0 radical (unpaired) electrons. The number of nitrogens with two attached hydrogens (primary N) is 1. The quantitative estimate of drug-likeness (QED) is 0.203. The van der Waals surface area contributed by atoms with Gasteiger partial charge in [0.15, 0.2) is 0 Å². The number of carboxylic acid groups (broad SMARTS) is 2.